The molecule has 4 heterocycles. The van der Waals surface area contributed by atoms with Crippen LogP contribution in [0.4, 0.5) is 0 Å². The van der Waals surface area contributed by atoms with Crippen molar-refractivity contribution in [3.63, 3.8) is 0 Å². The molecule has 0 bridgehead atoms. The van der Waals surface area contributed by atoms with E-state index in [1.54, 1.807) is 28.2 Å². The van der Waals surface area contributed by atoms with Gasteiger partial charge in [0, 0.05) is 17.1 Å². The van der Waals surface area contributed by atoms with E-state index in [4.69, 9.17) is 11.6 Å². The molecule has 134 valence electrons. The topological polar surface area (TPSA) is 51.0 Å². The van der Waals surface area contributed by atoms with Gasteiger partial charge in [-0.2, -0.15) is 5.10 Å². The van der Waals surface area contributed by atoms with E-state index in [9.17, 15) is 4.79 Å². The van der Waals surface area contributed by atoms with E-state index >= 15 is 0 Å². The zero-order valence-corrected chi connectivity index (χ0v) is 16.2. The van der Waals surface area contributed by atoms with Crippen molar-refractivity contribution in [2.24, 2.45) is 0 Å². The van der Waals surface area contributed by atoms with Crippen LogP contribution in [0.2, 0.25) is 5.02 Å². The fourth-order valence-electron chi connectivity index (χ4n) is 3.48. The first kappa shape index (κ1) is 17.2. The number of nitrogens with zero attached hydrogens (tertiary/aromatic N) is 4. The van der Waals surface area contributed by atoms with E-state index in [1.165, 1.54) is 4.88 Å². The second kappa shape index (κ2) is 6.85. The lowest BCUT2D eigenvalue weighted by Gasteiger charge is -2.24. The quantitative estimate of drug-likeness (QED) is 0.662. The van der Waals surface area contributed by atoms with Gasteiger partial charge in [0.25, 0.3) is 5.91 Å². The minimum atomic E-state index is -0.116. The SMILES string of the molecule is Cc1cc(C)n(-c2ccc(Cl)c(C(=O)N3CCCC3c3cccs3)n2)n1. The summed E-state index contributed by atoms with van der Waals surface area (Å²) in [5, 5.41) is 6.87. The highest BCUT2D eigenvalue weighted by Crippen LogP contribution is 2.36. The van der Waals surface area contributed by atoms with Crippen molar-refractivity contribution in [3.05, 3.63) is 62.7 Å². The second-order valence-electron chi connectivity index (χ2n) is 6.51. The van der Waals surface area contributed by atoms with Crippen LogP contribution >= 0.6 is 22.9 Å². The third-order valence-corrected chi connectivity index (χ3v) is 5.92. The molecule has 1 amide bonds. The van der Waals surface area contributed by atoms with E-state index in [0.29, 0.717) is 16.5 Å². The molecule has 0 aromatic carbocycles. The Bertz CT molecular complexity index is 951. The Balaban J connectivity index is 1.69. The van der Waals surface area contributed by atoms with E-state index in [1.807, 2.05) is 36.3 Å². The van der Waals surface area contributed by atoms with Crippen molar-refractivity contribution in [1.82, 2.24) is 19.7 Å². The Kier molecular flexibility index (Phi) is 4.54. The van der Waals surface area contributed by atoms with Crippen molar-refractivity contribution < 1.29 is 4.79 Å². The molecule has 0 spiro atoms. The summed E-state index contributed by atoms with van der Waals surface area (Å²) in [5.41, 5.74) is 2.16. The van der Waals surface area contributed by atoms with Gasteiger partial charge in [-0.25, -0.2) is 9.67 Å². The largest absolute Gasteiger partial charge is 0.329 e. The Morgan fingerprint density at radius 3 is 2.85 bits per heavy atom. The number of aryl methyl sites for hydroxylation is 2. The molecular formula is C19H19ClN4OS. The summed E-state index contributed by atoms with van der Waals surface area (Å²) < 4.78 is 1.74. The van der Waals surface area contributed by atoms with Gasteiger partial charge in [0.15, 0.2) is 5.82 Å². The van der Waals surface area contributed by atoms with Gasteiger partial charge in [0.1, 0.15) is 5.69 Å². The van der Waals surface area contributed by atoms with Crippen LogP contribution in [0.15, 0.2) is 35.7 Å². The number of rotatable bonds is 3. The summed E-state index contributed by atoms with van der Waals surface area (Å²) in [6.45, 7) is 4.62. The highest BCUT2D eigenvalue weighted by atomic mass is 35.5. The van der Waals surface area contributed by atoms with Crippen molar-refractivity contribution in [2.75, 3.05) is 6.54 Å². The Morgan fingerprint density at radius 1 is 1.31 bits per heavy atom. The normalized spacial score (nSPS) is 17.0. The Morgan fingerprint density at radius 2 is 2.15 bits per heavy atom. The number of carbonyl (C=O) groups excluding carboxylic acids is 1. The van der Waals surface area contributed by atoms with Crippen molar-refractivity contribution >= 4 is 28.8 Å². The number of amides is 1. The van der Waals surface area contributed by atoms with E-state index in [2.05, 4.69) is 16.1 Å². The summed E-state index contributed by atoms with van der Waals surface area (Å²) in [4.78, 5) is 20.9. The lowest BCUT2D eigenvalue weighted by atomic mass is 10.2. The summed E-state index contributed by atoms with van der Waals surface area (Å²) >= 11 is 8.02. The Labute approximate surface area is 161 Å². The number of aromatic nitrogens is 3. The van der Waals surface area contributed by atoms with Gasteiger partial charge in [-0.3, -0.25) is 4.79 Å². The fraction of sp³-hybridized carbons (Fsp3) is 0.316. The lowest BCUT2D eigenvalue weighted by Crippen LogP contribution is -2.31. The van der Waals surface area contributed by atoms with Crippen molar-refractivity contribution in [3.8, 4) is 5.82 Å². The van der Waals surface area contributed by atoms with E-state index in [0.717, 1.165) is 30.8 Å². The zero-order valence-electron chi connectivity index (χ0n) is 14.6. The summed E-state index contributed by atoms with van der Waals surface area (Å²) in [6, 6.07) is 9.71. The van der Waals surface area contributed by atoms with Crippen LogP contribution in [0, 0.1) is 13.8 Å². The van der Waals surface area contributed by atoms with Crippen LogP contribution in [-0.2, 0) is 0 Å². The second-order valence-corrected chi connectivity index (χ2v) is 7.90. The number of halogens is 1. The van der Waals surface area contributed by atoms with Gasteiger partial charge in [-0.15, -0.1) is 11.3 Å². The molecule has 1 unspecified atom stereocenters. The van der Waals surface area contributed by atoms with Gasteiger partial charge >= 0.3 is 0 Å². The molecule has 0 radical (unpaired) electrons. The zero-order chi connectivity index (χ0) is 18.3. The maximum Gasteiger partial charge on any atom is 0.274 e. The molecule has 0 saturated carbocycles. The van der Waals surface area contributed by atoms with Gasteiger partial charge < -0.3 is 4.90 Å². The van der Waals surface area contributed by atoms with Crippen LogP contribution in [0.5, 0.6) is 0 Å². The summed E-state index contributed by atoms with van der Waals surface area (Å²) in [5.74, 6) is 0.490. The molecule has 1 atom stereocenters. The molecule has 1 fully saturated rings. The lowest BCUT2D eigenvalue weighted by molar-refractivity contribution is 0.0732. The van der Waals surface area contributed by atoms with Gasteiger partial charge in [0.2, 0.25) is 0 Å². The predicted molar refractivity (Wildman–Crippen MR) is 103 cm³/mol. The first-order valence-electron chi connectivity index (χ1n) is 8.59. The van der Waals surface area contributed by atoms with Crippen molar-refractivity contribution in [1.29, 1.82) is 0 Å². The molecule has 1 aliphatic rings. The monoisotopic (exact) mass is 386 g/mol. The van der Waals surface area contributed by atoms with Crippen LogP contribution in [0.3, 0.4) is 0 Å². The minimum absolute atomic E-state index is 0.109. The molecule has 1 saturated heterocycles. The van der Waals surface area contributed by atoms with Crippen LogP contribution in [0.25, 0.3) is 5.82 Å². The van der Waals surface area contributed by atoms with Gasteiger partial charge in [-0.05, 0) is 56.3 Å². The molecule has 26 heavy (non-hydrogen) atoms. The van der Waals surface area contributed by atoms with E-state index in [-0.39, 0.29) is 11.9 Å². The van der Waals surface area contributed by atoms with Crippen LogP contribution in [-0.4, -0.2) is 32.1 Å². The molecule has 0 N–H and O–H groups in total. The van der Waals surface area contributed by atoms with Crippen LogP contribution < -0.4 is 0 Å². The number of carbonyl (C=O) groups is 1. The molecule has 3 aromatic rings. The standard InChI is InChI=1S/C19H19ClN4OS/c1-12-11-13(2)24(22-12)17-8-7-14(20)18(21-17)19(25)23-9-3-5-15(23)16-6-4-10-26-16/h4,6-8,10-11,15H,3,5,9H2,1-2H3. The minimum Gasteiger partial charge on any atom is -0.329 e. The predicted octanol–water partition coefficient (Wildman–Crippen LogP) is 4.58. The molecule has 7 heteroatoms. The van der Waals surface area contributed by atoms with Crippen molar-refractivity contribution in [2.45, 2.75) is 32.7 Å². The number of hydrogen-bond donors (Lipinski definition) is 0. The summed E-state index contributed by atoms with van der Waals surface area (Å²) in [7, 11) is 0. The summed E-state index contributed by atoms with van der Waals surface area (Å²) in [6.07, 6.45) is 1.96. The molecule has 1 aliphatic heterocycles. The van der Waals surface area contributed by atoms with Crippen LogP contribution in [0.1, 0.15) is 45.6 Å². The molecule has 5 nitrogen and oxygen atoms in total. The third-order valence-electron chi connectivity index (χ3n) is 4.65. The number of hydrogen-bond acceptors (Lipinski definition) is 4. The Hall–Kier alpha value is -2.18. The first-order valence-corrected chi connectivity index (χ1v) is 9.85. The average Bonchev–Trinajstić information content (AvgIpc) is 3.34. The third kappa shape index (κ3) is 3.04. The first-order chi connectivity index (χ1) is 12.5. The highest BCUT2D eigenvalue weighted by Gasteiger charge is 2.33. The molecular weight excluding hydrogens is 368 g/mol. The highest BCUT2D eigenvalue weighted by molar-refractivity contribution is 7.10. The smallest absolute Gasteiger partial charge is 0.274 e. The van der Waals surface area contributed by atoms with Gasteiger partial charge in [-0.1, -0.05) is 17.7 Å². The molecule has 3 aromatic heterocycles. The number of likely N-dealkylation sites (tertiary alicyclic amines) is 1. The molecule has 0 aliphatic carbocycles. The maximum absolute atomic E-state index is 13.2. The van der Waals surface area contributed by atoms with E-state index < -0.39 is 0 Å². The van der Waals surface area contributed by atoms with Gasteiger partial charge in [0.05, 0.1) is 16.8 Å². The molecule has 4 rings (SSSR count). The number of pyridine rings is 1. The number of thiophene rings is 1. The fourth-order valence-corrected chi connectivity index (χ4v) is 4.54. The average molecular weight is 387 g/mol. The maximum atomic E-state index is 13.2.